The molecule has 58 valence electrons. The van der Waals surface area contributed by atoms with Gasteiger partial charge in [0.05, 0.1) is 0 Å². The minimum Gasteiger partial charge on any atom is -0.339 e. The summed E-state index contributed by atoms with van der Waals surface area (Å²) in [6, 6.07) is 0. The summed E-state index contributed by atoms with van der Waals surface area (Å²) in [5.41, 5.74) is 1.28. The summed E-state index contributed by atoms with van der Waals surface area (Å²) in [6.45, 7) is 5.69. The first-order valence-corrected chi connectivity index (χ1v) is 3.72. The maximum absolute atomic E-state index is 5.01. The van der Waals surface area contributed by atoms with E-state index in [2.05, 4.69) is 16.7 Å². The van der Waals surface area contributed by atoms with Gasteiger partial charge in [0.2, 0.25) is 5.89 Å². The summed E-state index contributed by atoms with van der Waals surface area (Å²) in [5, 5.41) is 3.73. The van der Waals surface area contributed by atoms with E-state index in [4.69, 9.17) is 4.52 Å². The summed E-state index contributed by atoms with van der Waals surface area (Å²) in [5.74, 6) is 1.94. The largest absolute Gasteiger partial charge is 0.339 e. The van der Waals surface area contributed by atoms with Crippen LogP contribution in [0.3, 0.4) is 0 Å². The zero-order chi connectivity index (χ0) is 7.84. The Bertz CT molecular complexity index is 282. The van der Waals surface area contributed by atoms with Gasteiger partial charge in [-0.3, -0.25) is 0 Å². The molecular formula is C8H10N2O. The Morgan fingerprint density at radius 1 is 1.55 bits per heavy atom. The Labute approximate surface area is 65.1 Å². The van der Waals surface area contributed by atoms with Gasteiger partial charge in [0, 0.05) is 5.92 Å². The molecule has 1 fully saturated rings. The molecule has 1 saturated carbocycles. The molecule has 1 aromatic heterocycles. The van der Waals surface area contributed by atoms with Crippen LogP contribution in [0, 0.1) is 6.92 Å². The van der Waals surface area contributed by atoms with Gasteiger partial charge in [-0.15, -0.1) is 0 Å². The number of aryl methyl sites for hydroxylation is 1. The van der Waals surface area contributed by atoms with Crippen LogP contribution in [0.25, 0.3) is 0 Å². The first kappa shape index (κ1) is 6.58. The van der Waals surface area contributed by atoms with Crippen molar-refractivity contribution in [1.29, 1.82) is 0 Å². The van der Waals surface area contributed by atoms with Crippen molar-refractivity contribution in [2.45, 2.75) is 25.7 Å². The standard InChI is InChI=1S/C8H10N2O/c1-5-3-7(4-5)8-9-6(2)10-11-8/h7H,1,3-4H2,2H3. The molecule has 1 aliphatic rings. The highest BCUT2D eigenvalue weighted by molar-refractivity contribution is 5.16. The fraction of sp³-hybridized carbons (Fsp3) is 0.500. The molecule has 0 unspecified atom stereocenters. The highest BCUT2D eigenvalue weighted by Gasteiger charge is 2.27. The monoisotopic (exact) mass is 150 g/mol. The molecule has 0 amide bonds. The number of nitrogens with zero attached hydrogens (tertiary/aromatic N) is 2. The van der Waals surface area contributed by atoms with Crippen LogP contribution in [0.5, 0.6) is 0 Å². The molecule has 3 heteroatoms. The average molecular weight is 150 g/mol. The molecule has 11 heavy (non-hydrogen) atoms. The van der Waals surface area contributed by atoms with Gasteiger partial charge in [-0.2, -0.15) is 4.98 Å². The summed E-state index contributed by atoms with van der Waals surface area (Å²) < 4.78 is 5.01. The van der Waals surface area contributed by atoms with Crippen molar-refractivity contribution in [1.82, 2.24) is 10.1 Å². The molecule has 3 nitrogen and oxygen atoms in total. The van der Waals surface area contributed by atoms with E-state index < -0.39 is 0 Å². The van der Waals surface area contributed by atoms with Crippen molar-refractivity contribution in [3.8, 4) is 0 Å². The van der Waals surface area contributed by atoms with Crippen molar-refractivity contribution in [3.05, 3.63) is 23.9 Å². The second-order valence-electron chi connectivity index (χ2n) is 3.04. The molecule has 0 bridgehead atoms. The van der Waals surface area contributed by atoms with E-state index in [-0.39, 0.29) is 0 Å². The molecule has 2 rings (SSSR count). The lowest BCUT2D eigenvalue weighted by atomic mass is 9.81. The number of hydrogen-bond donors (Lipinski definition) is 0. The van der Waals surface area contributed by atoms with E-state index in [1.807, 2.05) is 6.92 Å². The summed E-state index contributed by atoms with van der Waals surface area (Å²) in [4.78, 5) is 4.15. The predicted molar refractivity (Wildman–Crippen MR) is 40.2 cm³/mol. The smallest absolute Gasteiger partial charge is 0.230 e. The number of aromatic nitrogens is 2. The van der Waals surface area contributed by atoms with Gasteiger partial charge in [0.25, 0.3) is 0 Å². The lowest BCUT2D eigenvalue weighted by Crippen LogP contribution is -2.11. The number of rotatable bonds is 1. The third-order valence-electron chi connectivity index (χ3n) is 1.96. The first-order valence-electron chi connectivity index (χ1n) is 3.72. The molecule has 0 aromatic carbocycles. The van der Waals surface area contributed by atoms with Crippen LogP contribution in [0.15, 0.2) is 16.7 Å². The topological polar surface area (TPSA) is 38.9 Å². The van der Waals surface area contributed by atoms with Crippen molar-refractivity contribution >= 4 is 0 Å². The third kappa shape index (κ3) is 1.06. The van der Waals surface area contributed by atoms with Crippen LogP contribution in [-0.2, 0) is 0 Å². The van der Waals surface area contributed by atoms with Gasteiger partial charge in [-0.1, -0.05) is 17.3 Å². The quantitative estimate of drug-likeness (QED) is 0.573. The lowest BCUT2D eigenvalue weighted by molar-refractivity contribution is 0.327. The van der Waals surface area contributed by atoms with E-state index in [0.29, 0.717) is 5.92 Å². The Morgan fingerprint density at radius 2 is 2.27 bits per heavy atom. The van der Waals surface area contributed by atoms with Crippen LogP contribution in [0.1, 0.15) is 30.5 Å². The van der Waals surface area contributed by atoms with Crippen LogP contribution in [0.4, 0.5) is 0 Å². The molecule has 1 heterocycles. The van der Waals surface area contributed by atoms with Gasteiger partial charge < -0.3 is 4.52 Å². The number of allylic oxidation sites excluding steroid dienone is 1. The Morgan fingerprint density at radius 3 is 2.73 bits per heavy atom. The Kier molecular flexibility index (Phi) is 1.31. The molecule has 0 aliphatic heterocycles. The first-order chi connectivity index (χ1) is 5.25. The van der Waals surface area contributed by atoms with E-state index in [1.165, 1.54) is 5.57 Å². The maximum atomic E-state index is 5.01. The van der Waals surface area contributed by atoms with E-state index >= 15 is 0 Å². The number of hydrogen-bond acceptors (Lipinski definition) is 3. The molecule has 0 radical (unpaired) electrons. The van der Waals surface area contributed by atoms with Gasteiger partial charge >= 0.3 is 0 Å². The molecule has 1 aromatic rings. The zero-order valence-electron chi connectivity index (χ0n) is 6.50. The SMILES string of the molecule is C=C1CC(c2nc(C)no2)C1. The summed E-state index contributed by atoms with van der Waals surface area (Å²) in [6.07, 6.45) is 2.03. The molecular weight excluding hydrogens is 140 g/mol. The summed E-state index contributed by atoms with van der Waals surface area (Å²) in [7, 11) is 0. The second-order valence-corrected chi connectivity index (χ2v) is 3.04. The Hall–Kier alpha value is -1.12. The fourth-order valence-corrected chi connectivity index (χ4v) is 1.29. The lowest BCUT2D eigenvalue weighted by Gasteiger charge is -2.24. The average Bonchev–Trinajstić information content (AvgIpc) is 2.29. The predicted octanol–water partition coefficient (Wildman–Crippen LogP) is 1.81. The summed E-state index contributed by atoms with van der Waals surface area (Å²) >= 11 is 0. The normalized spacial score (nSPS) is 18.5. The Balaban J connectivity index is 2.12. The van der Waals surface area contributed by atoms with Crippen LogP contribution < -0.4 is 0 Å². The zero-order valence-corrected chi connectivity index (χ0v) is 6.50. The second kappa shape index (κ2) is 2.19. The van der Waals surface area contributed by atoms with Gasteiger partial charge in [-0.25, -0.2) is 0 Å². The molecule has 0 N–H and O–H groups in total. The highest BCUT2D eigenvalue weighted by atomic mass is 16.5. The molecule has 0 spiro atoms. The van der Waals surface area contributed by atoms with Crippen molar-refractivity contribution in [3.63, 3.8) is 0 Å². The minimum atomic E-state index is 0.448. The fourth-order valence-electron chi connectivity index (χ4n) is 1.29. The van der Waals surface area contributed by atoms with Crippen molar-refractivity contribution in [2.75, 3.05) is 0 Å². The van der Waals surface area contributed by atoms with Gasteiger partial charge in [0.1, 0.15) is 0 Å². The van der Waals surface area contributed by atoms with Crippen LogP contribution in [0.2, 0.25) is 0 Å². The van der Waals surface area contributed by atoms with E-state index in [9.17, 15) is 0 Å². The van der Waals surface area contributed by atoms with Crippen LogP contribution >= 0.6 is 0 Å². The van der Waals surface area contributed by atoms with Crippen LogP contribution in [-0.4, -0.2) is 10.1 Å². The third-order valence-corrected chi connectivity index (χ3v) is 1.96. The van der Waals surface area contributed by atoms with E-state index in [0.717, 1.165) is 24.6 Å². The molecule has 1 aliphatic carbocycles. The molecule has 0 saturated heterocycles. The minimum absolute atomic E-state index is 0.448. The van der Waals surface area contributed by atoms with Gasteiger partial charge in [-0.05, 0) is 19.8 Å². The van der Waals surface area contributed by atoms with Crippen molar-refractivity contribution < 1.29 is 4.52 Å². The van der Waals surface area contributed by atoms with Gasteiger partial charge in [0.15, 0.2) is 5.82 Å². The molecule has 0 atom stereocenters. The van der Waals surface area contributed by atoms with E-state index in [1.54, 1.807) is 0 Å². The highest BCUT2D eigenvalue weighted by Crippen LogP contribution is 2.38. The van der Waals surface area contributed by atoms with Crippen molar-refractivity contribution in [2.24, 2.45) is 0 Å². The maximum Gasteiger partial charge on any atom is 0.230 e.